The molecule has 0 aliphatic carbocycles. The van der Waals surface area contributed by atoms with E-state index in [0.717, 1.165) is 15.1 Å². The van der Waals surface area contributed by atoms with Crippen LogP contribution in [0.15, 0.2) is 94.7 Å². The number of hydrogen-bond acceptors (Lipinski definition) is 3. The number of hydrogen-bond donors (Lipinski definition) is 0. The molecule has 1 unspecified atom stereocenters. The second kappa shape index (κ2) is 11.8. The van der Waals surface area contributed by atoms with Gasteiger partial charge in [0.25, 0.3) is 0 Å². The number of rotatable bonds is 9. The molecular weight excluding hydrogens is 495 g/mol. The van der Waals surface area contributed by atoms with Crippen LogP contribution in [0.4, 0.5) is 0 Å². The van der Waals surface area contributed by atoms with Crippen molar-refractivity contribution in [1.82, 2.24) is 0 Å². The Kier molecular flexibility index (Phi) is 9.17. The number of carbonyl (C=O) groups excluding carboxylic acids is 1. The van der Waals surface area contributed by atoms with Gasteiger partial charge < -0.3 is 0 Å². The molecule has 0 saturated carbocycles. The molecule has 0 radical (unpaired) electrons. The fourth-order valence-electron chi connectivity index (χ4n) is 3.18. The van der Waals surface area contributed by atoms with E-state index >= 15 is 0 Å². The van der Waals surface area contributed by atoms with Crippen molar-refractivity contribution in [3.63, 3.8) is 0 Å². The molecule has 3 aromatic carbocycles. The third kappa shape index (κ3) is 6.06. The van der Waals surface area contributed by atoms with E-state index in [0.29, 0.717) is 10.6 Å². The molecule has 30 heavy (non-hydrogen) atoms. The number of ketones is 1. The van der Waals surface area contributed by atoms with Crippen molar-refractivity contribution in [2.24, 2.45) is 0 Å². The molecule has 5 heteroatoms. The van der Waals surface area contributed by atoms with Crippen molar-refractivity contribution in [1.29, 1.82) is 0 Å². The molecule has 1 atom stereocenters. The van der Waals surface area contributed by atoms with Crippen LogP contribution in [-0.4, -0.2) is 33.3 Å². The van der Waals surface area contributed by atoms with Gasteiger partial charge in [0.05, 0.1) is 0 Å². The van der Waals surface area contributed by atoms with E-state index in [9.17, 15) is 4.79 Å². The Hall–Kier alpha value is -1.42. The van der Waals surface area contributed by atoms with E-state index < -0.39 is 0 Å². The summed E-state index contributed by atoms with van der Waals surface area (Å²) in [6.07, 6.45) is 4.09. The first-order valence-corrected chi connectivity index (χ1v) is 14.4. The summed E-state index contributed by atoms with van der Waals surface area (Å²) in [4.78, 5) is 13.7. The summed E-state index contributed by atoms with van der Waals surface area (Å²) in [6.45, 7) is 0. The summed E-state index contributed by atoms with van der Waals surface area (Å²) >= 11 is 9.62. The van der Waals surface area contributed by atoms with Gasteiger partial charge in [0, 0.05) is 0 Å². The molecular formula is C25H23ClOS2Se. The van der Waals surface area contributed by atoms with Gasteiger partial charge in [0.1, 0.15) is 0 Å². The molecule has 0 aliphatic rings. The summed E-state index contributed by atoms with van der Waals surface area (Å²) in [5, 5.41) is 1.57. The van der Waals surface area contributed by atoms with Crippen LogP contribution < -0.4 is 4.46 Å². The second-order valence-corrected chi connectivity index (χ2v) is 11.2. The molecule has 154 valence electrons. The monoisotopic (exact) mass is 518 g/mol. The standard InChI is InChI=1S/C25H23ClOS2Se/c1-28-25(29-2)23(24(27)19-13-15-20(26)16-14-19)22(18-9-5-3-6-10-18)17-30-21-11-7-4-8-12-21/h3-16,22H,17H2,1-2H3. The van der Waals surface area contributed by atoms with Crippen LogP contribution >= 0.6 is 35.1 Å². The molecule has 0 N–H and O–H groups in total. The first kappa shape index (κ1) is 23.2. The van der Waals surface area contributed by atoms with Crippen molar-refractivity contribution in [2.45, 2.75) is 11.2 Å². The predicted octanol–water partition coefficient (Wildman–Crippen LogP) is 6.69. The Morgan fingerprint density at radius 2 is 1.43 bits per heavy atom. The van der Waals surface area contributed by atoms with Gasteiger partial charge in [-0.1, -0.05) is 0 Å². The zero-order chi connectivity index (χ0) is 21.3. The normalized spacial score (nSPS) is 11.7. The molecule has 0 aliphatic heterocycles. The number of Topliss-reactive ketones (excluding diaryl/α,β-unsaturated/α-hetero) is 1. The first-order valence-electron chi connectivity index (χ1n) is 9.49. The van der Waals surface area contributed by atoms with Crippen molar-refractivity contribution in [3.8, 4) is 0 Å². The van der Waals surface area contributed by atoms with Crippen molar-refractivity contribution in [3.05, 3.63) is 111 Å². The van der Waals surface area contributed by atoms with Gasteiger partial charge >= 0.3 is 200 Å². The van der Waals surface area contributed by atoms with Crippen LogP contribution in [0.25, 0.3) is 0 Å². The van der Waals surface area contributed by atoms with Crippen LogP contribution in [-0.2, 0) is 0 Å². The van der Waals surface area contributed by atoms with E-state index in [2.05, 4.69) is 48.5 Å². The molecule has 1 nitrogen and oxygen atoms in total. The Morgan fingerprint density at radius 3 is 2.00 bits per heavy atom. The molecule has 0 aromatic heterocycles. The van der Waals surface area contributed by atoms with E-state index in [1.54, 1.807) is 35.7 Å². The molecule has 0 amide bonds. The van der Waals surface area contributed by atoms with Gasteiger partial charge in [-0.25, -0.2) is 0 Å². The maximum absolute atomic E-state index is 13.7. The minimum absolute atomic E-state index is 0.0458. The number of carbonyl (C=O) groups is 1. The summed E-state index contributed by atoms with van der Waals surface area (Å²) < 4.78 is 2.42. The van der Waals surface area contributed by atoms with E-state index in [1.807, 2.05) is 36.8 Å². The summed E-state index contributed by atoms with van der Waals surface area (Å²) in [5.41, 5.74) is 2.76. The number of thioether (sulfide) groups is 2. The van der Waals surface area contributed by atoms with Crippen molar-refractivity contribution >= 4 is 60.3 Å². The maximum atomic E-state index is 13.7. The number of benzene rings is 3. The Morgan fingerprint density at radius 1 is 0.867 bits per heavy atom. The van der Waals surface area contributed by atoms with Gasteiger partial charge in [0.2, 0.25) is 0 Å². The molecule has 0 heterocycles. The third-order valence-electron chi connectivity index (χ3n) is 4.65. The van der Waals surface area contributed by atoms with E-state index in [-0.39, 0.29) is 26.7 Å². The number of allylic oxidation sites excluding steroid dienone is 1. The van der Waals surface area contributed by atoms with Crippen molar-refractivity contribution in [2.75, 3.05) is 12.5 Å². The minimum atomic E-state index is 0.0458. The first-order chi connectivity index (χ1) is 14.6. The Bertz CT molecular complexity index is 983. The molecule has 0 saturated heterocycles. The van der Waals surface area contributed by atoms with Crippen LogP contribution in [0.2, 0.25) is 10.3 Å². The van der Waals surface area contributed by atoms with Gasteiger partial charge in [-0.2, -0.15) is 0 Å². The van der Waals surface area contributed by atoms with E-state index in [4.69, 9.17) is 11.6 Å². The fraction of sp³-hybridized carbons (Fsp3) is 0.160. The molecule has 0 spiro atoms. The quantitative estimate of drug-likeness (QED) is 0.179. The van der Waals surface area contributed by atoms with Crippen LogP contribution in [0.1, 0.15) is 21.8 Å². The molecule has 3 rings (SSSR count). The summed E-state index contributed by atoms with van der Waals surface area (Å²) in [5.74, 6) is 0.132. The topological polar surface area (TPSA) is 17.1 Å². The number of halogens is 1. The summed E-state index contributed by atoms with van der Waals surface area (Å²) in [7, 11) is 0. The Labute approximate surface area is 198 Å². The molecule has 3 aromatic rings. The van der Waals surface area contributed by atoms with Crippen LogP contribution in [0.3, 0.4) is 0 Å². The van der Waals surface area contributed by atoms with Crippen LogP contribution in [0.5, 0.6) is 0 Å². The van der Waals surface area contributed by atoms with E-state index in [1.165, 1.54) is 10.0 Å². The fourth-order valence-corrected chi connectivity index (χ4v) is 7.12. The second-order valence-electron chi connectivity index (χ2n) is 6.53. The van der Waals surface area contributed by atoms with Gasteiger partial charge in [-0.15, -0.1) is 0 Å². The predicted molar refractivity (Wildman–Crippen MR) is 136 cm³/mol. The zero-order valence-electron chi connectivity index (χ0n) is 16.9. The van der Waals surface area contributed by atoms with Crippen LogP contribution in [0, 0.1) is 0 Å². The average Bonchev–Trinajstić information content (AvgIpc) is 2.80. The van der Waals surface area contributed by atoms with Gasteiger partial charge in [0.15, 0.2) is 0 Å². The Balaban J connectivity index is 2.05. The molecule has 0 fully saturated rings. The summed E-state index contributed by atoms with van der Waals surface area (Å²) in [6, 6.07) is 28.2. The van der Waals surface area contributed by atoms with Crippen molar-refractivity contribution < 1.29 is 4.79 Å². The average molecular weight is 518 g/mol. The van der Waals surface area contributed by atoms with Gasteiger partial charge in [-0.3, -0.25) is 0 Å². The SMILES string of the molecule is CSC(SC)=C(C(=O)c1ccc(Cl)cc1)C(C[Se]c1ccccc1)c1ccccc1. The van der Waals surface area contributed by atoms with Gasteiger partial charge in [-0.05, 0) is 0 Å². The molecule has 0 bridgehead atoms. The zero-order valence-corrected chi connectivity index (χ0v) is 21.0. The third-order valence-corrected chi connectivity index (χ3v) is 9.40.